The Labute approximate surface area is 149 Å². The monoisotopic (exact) mass is 379 g/mol. The van der Waals surface area contributed by atoms with E-state index in [2.05, 4.69) is 14.7 Å². The van der Waals surface area contributed by atoms with Gasteiger partial charge in [-0.25, -0.2) is 18.1 Å². The summed E-state index contributed by atoms with van der Waals surface area (Å²) >= 11 is 2.86. The molecular formula is C16H17N3O2S3. The van der Waals surface area contributed by atoms with E-state index in [4.69, 9.17) is 0 Å². The van der Waals surface area contributed by atoms with E-state index >= 15 is 0 Å². The summed E-state index contributed by atoms with van der Waals surface area (Å²) in [5.41, 5.74) is 1.91. The van der Waals surface area contributed by atoms with Gasteiger partial charge in [0, 0.05) is 34.3 Å². The quantitative estimate of drug-likeness (QED) is 0.712. The predicted molar refractivity (Wildman–Crippen MR) is 98.0 cm³/mol. The van der Waals surface area contributed by atoms with Gasteiger partial charge in [-0.15, -0.1) is 22.7 Å². The number of rotatable bonds is 6. The molecule has 0 atom stereocenters. The normalized spacial score (nSPS) is 11.8. The zero-order chi connectivity index (χ0) is 17.2. The highest BCUT2D eigenvalue weighted by Gasteiger charge is 2.16. The second-order valence-electron chi connectivity index (χ2n) is 5.28. The Morgan fingerprint density at radius 2 is 2.00 bits per heavy atom. The lowest BCUT2D eigenvalue weighted by atomic mass is 10.3. The fourth-order valence-corrected chi connectivity index (χ4v) is 5.61. The van der Waals surface area contributed by atoms with Gasteiger partial charge < -0.3 is 0 Å². The number of nitrogens with one attached hydrogen (secondary N) is 1. The lowest BCUT2D eigenvalue weighted by Gasteiger charge is -2.03. The van der Waals surface area contributed by atoms with Crippen LogP contribution in [0.5, 0.6) is 0 Å². The summed E-state index contributed by atoms with van der Waals surface area (Å²) < 4.78 is 27.5. The molecule has 0 aromatic carbocycles. The minimum absolute atomic E-state index is 0.356. The molecule has 5 nitrogen and oxygen atoms in total. The molecule has 0 bridgehead atoms. The van der Waals surface area contributed by atoms with Crippen LogP contribution in [0, 0.1) is 13.8 Å². The van der Waals surface area contributed by atoms with Crippen LogP contribution in [0.1, 0.15) is 15.4 Å². The molecule has 0 radical (unpaired) electrons. The Bertz CT molecular complexity index is 931. The van der Waals surface area contributed by atoms with E-state index in [9.17, 15) is 8.42 Å². The molecule has 3 aromatic heterocycles. The van der Waals surface area contributed by atoms with Gasteiger partial charge in [-0.05, 0) is 44.5 Å². The highest BCUT2D eigenvalue weighted by Crippen LogP contribution is 2.27. The van der Waals surface area contributed by atoms with Gasteiger partial charge in [0.1, 0.15) is 9.22 Å². The fraction of sp³-hybridized carbons (Fsp3) is 0.250. The van der Waals surface area contributed by atoms with E-state index < -0.39 is 10.0 Å². The van der Waals surface area contributed by atoms with Crippen molar-refractivity contribution in [1.82, 2.24) is 14.7 Å². The van der Waals surface area contributed by atoms with Gasteiger partial charge in [-0.2, -0.15) is 0 Å². The van der Waals surface area contributed by atoms with Gasteiger partial charge >= 0.3 is 0 Å². The third-order valence-corrected chi connectivity index (χ3v) is 7.65. The molecule has 8 heteroatoms. The molecule has 0 aliphatic heterocycles. The van der Waals surface area contributed by atoms with Gasteiger partial charge in [0.15, 0.2) is 0 Å². The van der Waals surface area contributed by atoms with Crippen molar-refractivity contribution in [2.24, 2.45) is 0 Å². The maximum Gasteiger partial charge on any atom is 0.250 e. The Balaban J connectivity index is 1.66. The number of aryl methyl sites for hydroxylation is 2. The van der Waals surface area contributed by atoms with Crippen molar-refractivity contribution in [2.45, 2.75) is 24.5 Å². The lowest BCUT2D eigenvalue weighted by molar-refractivity contribution is 0.584. The number of sulfonamides is 1. The van der Waals surface area contributed by atoms with Crippen LogP contribution in [0.25, 0.3) is 10.6 Å². The van der Waals surface area contributed by atoms with E-state index in [1.807, 2.05) is 32.0 Å². The minimum atomic E-state index is -3.43. The molecule has 126 valence electrons. The molecule has 3 rings (SSSR count). The first-order chi connectivity index (χ1) is 11.5. The fourth-order valence-electron chi connectivity index (χ4n) is 2.20. The first-order valence-electron chi connectivity index (χ1n) is 7.38. The molecule has 3 aromatic rings. The van der Waals surface area contributed by atoms with Gasteiger partial charge in [0.25, 0.3) is 0 Å². The molecule has 0 saturated heterocycles. The summed E-state index contributed by atoms with van der Waals surface area (Å²) in [7, 11) is -3.43. The average molecular weight is 380 g/mol. The number of thiazole rings is 1. The van der Waals surface area contributed by atoms with Crippen LogP contribution in [-0.2, 0) is 16.4 Å². The first kappa shape index (κ1) is 17.2. The molecule has 24 heavy (non-hydrogen) atoms. The topological polar surface area (TPSA) is 72.0 Å². The molecule has 0 aliphatic rings. The number of hydrogen-bond acceptors (Lipinski definition) is 6. The smallest absolute Gasteiger partial charge is 0.250 e. The van der Waals surface area contributed by atoms with Gasteiger partial charge in [-0.1, -0.05) is 0 Å². The van der Waals surface area contributed by atoms with Crippen LogP contribution in [0.2, 0.25) is 0 Å². The number of nitrogens with zero attached hydrogens (tertiary/aromatic N) is 2. The van der Waals surface area contributed by atoms with Crippen LogP contribution < -0.4 is 4.72 Å². The van der Waals surface area contributed by atoms with E-state index in [-0.39, 0.29) is 0 Å². The molecule has 1 N–H and O–H groups in total. The van der Waals surface area contributed by atoms with E-state index in [0.29, 0.717) is 17.2 Å². The lowest BCUT2D eigenvalue weighted by Crippen LogP contribution is -2.25. The maximum absolute atomic E-state index is 12.2. The van der Waals surface area contributed by atoms with Gasteiger partial charge in [-0.3, -0.25) is 4.98 Å². The summed E-state index contributed by atoms with van der Waals surface area (Å²) in [6.45, 7) is 4.20. The summed E-state index contributed by atoms with van der Waals surface area (Å²) in [6, 6.07) is 7.30. The van der Waals surface area contributed by atoms with Crippen molar-refractivity contribution < 1.29 is 8.42 Å². The molecular weight excluding hydrogens is 362 g/mol. The van der Waals surface area contributed by atoms with Crippen LogP contribution >= 0.6 is 22.7 Å². The Morgan fingerprint density at radius 1 is 1.17 bits per heavy atom. The highest BCUT2D eigenvalue weighted by atomic mass is 32.2. The molecule has 0 spiro atoms. The summed E-state index contributed by atoms with van der Waals surface area (Å²) in [5.74, 6) is 0. The van der Waals surface area contributed by atoms with Crippen molar-refractivity contribution in [3.05, 3.63) is 52.1 Å². The number of pyridine rings is 1. The molecule has 0 aliphatic carbocycles. The third kappa shape index (κ3) is 3.89. The standard InChI is InChI=1S/C16H17N3O2S3/c1-11-5-6-15(22-11)24(20,21)18-9-7-14-12(2)19-16(23-14)13-4-3-8-17-10-13/h3-6,8,10,18H,7,9H2,1-2H3. The van der Waals surface area contributed by atoms with Gasteiger partial charge in [0.2, 0.25) is 10.0 Å². The SMILES string of the molecule is Cc1ccc(S(=O)(=O)NCCc2sc(-c3cccnc3)nc2C)s1. The maximum atomic E-state index is 12.2. The molecule has 3 heterocycles. The van der Waals surface area contributed by atoms with Crippen LogP contribution in [0.4, 0.5) is 0 Å². The van der Waals surface area contributed by atoms with Crippen molar-refractivity contribution in [3.63, 3.8) is 0 Å². The third-order valence-electron chi connectivity index (χ3n) is 3.43. The number of thiophene rings is 1. The molecule has 0 amide bonds. The largest absolute Gasteiger partial charge is 0.264 e. The van der Waals surface area contributed by atoms with Crippen molar-refractivity contribution in [3.8, 4) is 10.6 Å². The van der Waals surface area contributed by atoms with Crippen molar-refractivity contribution in [2.75, 3.05) is 6.54 Å². The zero-order valence-electron chi connectivity index (χ0n) is 13.3. The Hall–Kier alpha value is -1.61. The van der Waals surface area contributed by atoms with Gasteiger partial charge in [0.05, 0.1) is 5.69 Å². The zero-order valence-corrected chi connectivity index (χ0v) is 15.8. The average Bonchev–Trinajstić information content (AvgIpc) is 3.15. The summed E-state index contributed by atoms with van der Waals surface area (Å²) in [5, 5.41) is 0.910. The summed E-state index contributed by atoms with van der Waals surface area (Å²) in [6.07, 6.45) is 4.13. The van der Waals surface area contributed by atoms with Crippen molar-refractivity contribution in [1.29, 1.82) is 0 Å². The summed E-state index contributed by atoms with van der Waals surface area (Å²) in [4.78, 5) is 10.7. The number of aromatic nitrogens is 2. The van der Waals surface area contributed by atoms with Crippen LogP contribution in [-0.4, -0.2) is 24.9 Å². The van der Waals surface area contributed by atoms with E-state index in [1.165, 1.54) is 11.3 Å². The Kier molecular flexibility index (Phi) is 5.09. The molecule has 0 fully saturated rings. The van der Waals surface area contributed by atoms with E-state index in [1.54, 1.807) is 29.8 Å². The van der Waals surface area contributed by atoms with Crippen molar-refractivity contribution >= 4 is 32.7 Å². The van der Waals surface area contributed by atoms with Crippen LogP contribution in [0.15, 0.2) is 40.9 Å². The van der Waals surface area contributed by atoms with E-state index in [0.717, 1.165) is 26.0 Å². The molecule has 0 saturated carbocycles. The van der Waals surface area contributed by atoms with Crippen LogP contribution in [0.3, 0.4) is 0 Å². The number of hydrogen-bond donors (Lipinski definition) is 1. The predicted octanol–water partition coefficient (Wildman–Crippen LogP) is 3.40. The molecule has 0 unspecified atom stereocenters. The first-order valence-corrected chi connectivity index (χ1v) is 10.5. The Morgan fingerprint density at radius 3 is 2.67 bits per heavy atom. The minimum Gasteiger partial charge on any atom is -0.264 e. The second kappa shape index (κ2) is 7.10. The second-order valence-corrected chi connectivity index (χ2v) is 9.65. The highest BCUT2D eigenvalue weighted by molar-refractivity contribution is 7.91.